The summed E-state index contributed by atoms with van der Waals surface area (Å²) < 4.78 is 5.46. The van der Waals surface area contributed by atoms with E-state index >= 15 is 0 Å². The van der Waals surface area contributed by atoms with E-state index < -0.39 is 0 Å². The molecule has 3 heteroatoms. The maximum absolute atomic E-state index is 10.5. The molecule has 0 atom stereocenters. The van der Waals surface area contributed by atoms with Crippen LogP contribution in [0.2, 0.25) is 0 Å². The molecule has 0 aromatic rings. The van der Waals surface area contributed by atoms with Gasteiger partial charge in [0.1, 0.15) is 0 Å². The molecule has 0 aliphatic heterocycles. The first-order chi connectivity index (χ1) is 4.31. The molecule has 0 radical (unpaired) electrons. The van der Waals surface area contributed by atoms with E-state index in [0.717, 1.165) is 4.43 Å². The van der Waals surface area contributed by atoms with Crippen molar-refractivity contribution in [2.75, 3.05) is 11.0 Å². The topological polar surface area (TPSA) is 26.3 Å². The first kappa shape index (κ1) is 8.94. The lowest BCUT2D eigenvalue weighted by Gasteiger charge is -1.92. The van der Waals surface area contributed by atoms with Crippen molar-refractivity contribution in [2.45, 2.75) is 6.92 Å². The molecule has 0 N–H and O–H groups in total. The van der Waals surface area contributed by atoms with Gasteiger partial charge in [-0.15, -0.1) is 0 Å². The van der Waals surface area contributed by atoms with Crippen LogP contribution in [0.15, 0.2) is 12.2 Å². The fraction of sp³-hybridized carbons (Fsp3) is 0.500. The lowest BCUT2D eigenvalue weighted by molar-refractivity contribution is -0.137. The van der Waals surface area contributed by atoms with Crippen molar-refractivity contribution in [2.24, 2.45) is 0 Å². The molecular formula is C6H9IO2. The van der Waals surface area contributed by atoms with E-state index in [1.165, 1.54) is 6.08 Å². The minimum atomic E-state index is -0.255. The molecule has 9 heavy (non-hydrogen) atoms. The minimum Gasteiger partial charge on any atom is -0.463 e. The van der Waals surface area contributed by atoms with Gasteiger partial charge in [0.2, 0.25) is 0 Å². The van der Waals surface area contributed by atoms with Crippen molar-refractivity contribution in [3.63, 3.8) is 0 Å². The molecule has 0 aromatic carbocycles. The summed E-state index contributed by atoms with van der Waals surface area (Å²) in [5.41, 5.74) is 0. The average Bonchev–Trinajstić information content (AvgIpc) is 1.85. The van der Waals surface area contributed by atoms with Crippen LogP contribution in [0.5, 0.6) is 0 Å². The number of esters is 1. The van der Waals surface area contributed by atoms with Crippen LogP contribution in [0.25, 0.3) is 0 Å². The average molecular weight is 240 g/mol. The van der Waals surface area contributed by atoms with Gasteiger partial charge in [-0.3, -0.25) is 0 Å². The Morgan fingerprint density at radius 2 is 2.44 bits per heavy atom. The molecule has 0 amide bonds. The Labute approximate surface area is 68.4 Å². The zero-order valence-corrected chi connectivity index (χ0v) is 7.42. The van der Waals surface area contributed by atoms with Gasteiger partial charge >= 0.3 is 5.97 Å². The van der Waals surface area contributed by atoms with Gasteiger partial charge in [-0.05, 0) is 6.92 Å². The molecule has 0 aliphatic carbocycles. The molecule has 0 spiro atoms. The first-order valence-corrected chi connectivity index (χ1v) is 4.23. The fourth-order valence-electron chi connectivity index (χ4n) is 0.331. The first-order valence-electron chi connectivity index (χ1n) is 2.70. The smallest absolute Gasteiger partial charge is 0.330 e. The summed E-state index contributed by atoms with van der Waals surface area (Å²) in [6.45, 7) is 2.24. The Bertz CT molecular complexity index is 110. The van der Waals surface area contributed by atoms with Crippen molar-refractivity contribution >= 4 is 28.6 Å². The van der Waals surface area contributed by atoms with Gasteiger partial charge in [0.05, 0.1) is 6.61 Å². The van der Waals surface area contributed by atoms with E-state index in [1.807, 2.05) is 0 Å². The third-order valence-corrected chi connectivity index (χ3v) is 1.14. The third kappa shape index (κ3) is 5.82. The molecule has 0 aliphatic rings. The van der Waals surface area contributed by atoms with Crippen molar-refractivity contribution in [1.82, 2.24) is 0 Å². The highest BCUT2D eigenvalue weighted by atomic mass is 127. The SMILES string of the molecule is CCOC(=O)/C=C/CI. The second-order valence-corrected chi connectivity index (χ2v) is 2.19. The quantitative estimate of drug-likeness (QED) is 0.323. The third-order valence-electron chi connectivity index (χ3n) is 0.630. The summed E-state index contributed by atoms with van der Waals surface area (Å²) in [6.07, 6.45) is 3.20. The summed E-state index contributed by atoms with van der Waals surface area (Å²) in [4.78, 5) is 10.5. The monoisotopic (exact) mass is 240 g/mol. The molecule has 0 aromatic heterocycles. The van der Waals surface area contributed by atoms with E-state index in [0.29, 0.717) is 6.61 Å². The Balaban J connectivity index is 3.37. The number of alkyl halides is 1. The molecule has 0 heterocycles. The number of carbonyl (C=O) groups excluding carboxylic acids is 1. The standard InChI is InChI=1S/C6H9IO2/c1-2-9-6(8)4-3-5-7/h3-4H,2,5H2,1H3/b4-3+. The van der Waals surface area contributed by atoms with Crippen molar-refractivity contribution < 1.29 is 9.53 Å². The molecule has 0 unspecified atom stereocenters. The van der Waals surface area contributed by atoms with E-state index in [1.54, 1.807) is 13.0 Å². The number of hydrogen-bond donors (Lipinski definition) is 0. The maximum atomic E-state index is 10.5. The zero-order valence-electron chi connectivity index (χ0n) is 5.26. The van der Waals surface area contributed by atoms with Crippen molar-refractivity contribution in [3.05, 3.63) is 12.2 Å². The molecular weight excluding hydrogens is 231 g/mol. The van der Waals surface area contributed by atoms with Crippen LogP contribution in [-0.2, 0) is 9.53 Å². The van der Waals surface area contributed by atoms with Crippen LogP contribution in [0.4, 0.5) is 0 Å². The summed E-state index contributed by atoms with van der Waals surface area (Å²) in [5.74, 6) is -0.255. The lowest BCUT2D eigenvalue weighted by atomic mass is 10.5. The summed E-state index contributed by atoms with van der Waals surface area (Å²) in [7, 11) is 0. The molecule has 0 fully saturated rings. The highest BCUT2D eigenvalue weighted by Gasteiger charge is 1.89. The lowest BCUT2D eigenvalue weighted by Crippen LogP contribution is -1.98. The normalized spacial score (nSPS) is 10.0. The van der Waals surface area contributed by atoms with E-state index in [9.17, 15) is 4.79 Å². The summed E-state index contributed by atoms with van der Waals surface area (Å²) in [6, 6.07) is 0. The number of carbonyl (C=O) groups is 1. The number of halogens is 1. The van der Waals surface area contributed by atoms with Crippen LogP contribution in [0.3, 0.4) is 0 Å². The number of allylic oxidation sites excluding steroid dienone is 1. The number of rotatable bonds is 3. The van der Waals surface area contributed by atoms with Gasteiger partial charge < -0.3 is 4.74 Å². The van der Waals surface area contributed by atoms with Gasteiger partial charge in [-0.2, -0.15) is 0 Å². The van der Waals surface area contributed by atoms with Crippen LogP contribution in [0.1, 0.15) is 6.92 Å². The summed E-state index contributed by atoms with van der Waals surface area (Å²) >= 11 is 2.15. The van der Waals surface area contributed by atoms with Gasteiger partial charge in [0.15, 0.2) is 0 Å². The molecule has 52 valence electrons. The minimum absolute atomic E-state index is 0.255. The van der Waals surface area contributed by atoms with Crippen LogP contribution in [0, 0.1) is 0 Å². The highest BCUT2D eigenvalue weighted by Crippen LogP contribution is 1.85. The van der Waals surface area contributed by atoms with E-state index in [2.05, 4.69) is 27.3 Å². The van der Waals surface area contributed by atoms with Crippen LogP contribution in [-0.4, -0.2) is 17.0 Å². The molecule has 0 saturated carbocycles. The fourth-order valence-corrected chi connectivity index (χ4v) is 0.585. The highest BCUT2D eigenvalue weighted by molar-refractivity contribution is 14.1. The second kappa shape index (κ2) is 6.07. The van der Waals surface area contributed by atoms with Crippen LogP contribution < -0.4 is 0 Å². The van der Waals surface area contributed by atoms with Gasteiger partial charge in [-0.25, -0.2) is 4.79 Å². The Kier molecular flexibility index (Phi) is 6.03. The van der Waals surface area contributed by atoms with Gasteiger partial charge in [0.25, 0.3) is 0 Å². The zero-order chi connectivity index (χ0) is 7.11. The number of ether oxygens (including phenoxy) is 1. The summed E-state index contributed by atoms with van der Waals surface area (Å²) in [5, 5.41) is 0. The molecule has 0 rings (SSSR count). The van der Waals surface area contributed by atoms with Gasteiger partial charge in [0, 0.05) is 10.5 Å². The number of hydrogen-bond acceptors (Lipinski definition) is 2. The van der Waals surface area contributed by atoms with Crippen LogP contribution >= 0.6 is 22.6 Å². The Morgan fingerprint density at radius 3 is 2.89 bits per heavy atom. The molecule has 0 saturated heterocycles. The van der Waals surface area contributed by atoms with Crippen molar-refractivity contribution in [1.29, 1.82) is 0 Å². The Morgan fingerprint density at radius 1 is 1.78 bits per heavy atom. The van der Waals surface area contributed by atoms with Crippen molar-refractivity contribution in [3.8, 4) is 0 Å². The Hall–Kier alpha value is -0.0600. The van der Waals surface area contributed by atoms with E-state index in [-0.39, 0.29) is 5.97 Å². The largest absolute Gasteiger partial charge is 0.463 e. The van der Waals surface area contributed by atoms with Gasteiger partial charge in [-0.1, -0.05) is 28.7 Å². The molecule has 2 nitrogen and oxygen atoms in total. The predicted octanol–water partition coefficient (Wildman–Crippen LogP) is 1.54. The maximum Gasteiger partial charge on any atom is 0.330 e. The second-order valence-electron chi connectivity index (χ2n) is 1.31. The van der Waals surface area contributed by atoms with E-state index in [4.69, 9.17) is 0 Å². The predicted molar refractivity (Wildman–Crippen MR) is 44.7 cm³/mol. The molecule has 0 bridgehead atoms.